The van der Waals surface area contributed by atoms with Crippen molar-refractivity contribution in [2.24, 2.45) is 0 Å². The molecule has 0 N–H and O–H groups in total. The van der Waals surface area contributed by atoms with Crippen LogP contribution in [-0.2, 0) is 0 Å². The molecule has 0 unspecified atom stereocenters. The van der Waals surface area contributed by atoms with E-state index in [1.54, 1.807) is 13.0 Å². The molecule has 0 radical (unpaired) electrons. The van der Waals surface area contributed by atoms with Crippen molar-refractivity contribution >= 4 is 0 Å². The second kappa shape index (κ2) is 4.33. The van der Waals surface area contributed by atoms with Gasteiger partial charge in [-0.05, 0) is 20.3 Å². The molecule has 0 spiro atoms. The van der Waals surface area contributed by atoms with E-state index in [0.29, 0.717) is 5.57 Å². The lowest BCUT2D eigenvalue weighted by Crippen LogP contribution is -2.08. The Morgan fingerprint density at radius 3 is 2.08 bits per heavy atom. The lowest BCUT2D eigenvalue weighted by atomic mass is 10.1. The second-order valence-electron chi connectivity index (χ2n) is 2.68. The molecule has 0 nitrogen and oxygen atoms in total. The average Bonchev–Trinajstić information content (AvgIpc) is 1.85. The summed E-state index contributed by atoms with van der Waals surface area (Å²) in [6.45, 7) is 4.63. The molecule has 12 heavy (non-hydrogen) atoms. The summed E-state index contributed by atoms with van der Waals surface area (Å²) in [6.07, 6.45) is -0.519. The summed E-state index contributed by atoms with van der Waals surface area (Å²) < 4.78 is 35.9. The highest BCUT2D eigenvalue weighted by atomic mass is 19.4. The molecule has 0 bridgehead atoms. The van der Waals surface area contributed by atoms with Crippen LogP contribution in [0.3, 0.4) is 0 Å². The predicted octanol–water partition coefficient (Wildman–Crippen LogP) is 3.85. The van der Waals surface area contributed by atoms with Gasteiger partial charge in [-0.15, -0.1) is 0 Å². The Morgan fingerprint density at radius 1 is 1.25 bits per heavy atom. The minimum absolute atomic E-state index is 0.551. The molecule has 0 rings (SSSR count). The third-order valence-corrected chi connectivity index (χ3v) is 1.42. The minimum Gasteiger partial charge on any atom is -0.166 e. The topological polar surface area (TPSA) is 0 Å². The molecule has 0 saturated carbocycles. The van der Waals surface area contributed by atoms with Crippen molar-refractivity contribution in [3.63, 3.8) is 0 Å². The van der Waals surface area contributed by atoms with Crippen LogP contribution in [0.2, 0.25) is 0 Å². The monoisotopic (exact) mass is 178 g/mol. The van der Waals surface area contributed by atoms with Crippen molar-refractivity contribution in [1.29, 1.82) is 0 Å². The minimum atomic E-state index is -4.19. The molecular formula is C9H13F3. The summed E-state index contributed by atoms with van der Waals surface area (Å²) in [4.78, 5) is 0. The van der Waals surface area contributed by atoms with Gasteiger partial charge in [-0.25, -0.2) is 0 Å². The predicted molar refractivity (Wildman–Crippen MR) is 43.9 cm³/mol. The lowest BCUT2D eigenvalue weighted by Gasteiger charge is -2.05. The molecule has 0 aliphatic rings. The molecule has 0 fully saturated rings. The summed E-state index contributed by atoms with van der Waals surface area (Å²) in [6, 6.07) is 0. The highest BCUT2D eigenvalue weighted by Gasteiger charge is 2.29. The third-order valence-electron chi connectivity index (χ3n) is 1.42. The van der Waals surface area contributed by atoms with E-state index < -0.39 is 11.7 Å². The summed E-state index contributed by atoms with van der Waals surface area (Å²) in [5, 5.41) is 0. The number of allylic oxidation sites excluding steroid dienone is 4. The van der Waals surface area contributed by atoms with E-state index in [-0.39, 0.29) is 0 Å². The summed E-state index contributed by atoms with van der Waals surface area (Å²) in [7, 11) is 0. The first-order valence-corrected chi connectivity index (χ1v) is 3.80. The van der Waals surface area contributed by atoms with Gasteiger partial charge in [-0.1, -0.05) is 24.6 Å². The molecule has 0 saturated heterocycles. The van der Waals surface area contributed by atoms with Gasteiger partial charge < -0.3 is 0 Å². The maximum absolute atomic E-state index is 12.0. The number of hydrogen-bond donors (Lipinski definition) is 0. The third kappa shape index (κ3) is 4.21. The van der Waals surface area contributed by atoms with Crippen LogP contribution in [0.15, 0.2) is 23.3 Å². The van der Waals surface area contributed by atoms with Crippen LogP contribution in [0, 0.1) is 0 Å². The Labute approximate surface area is 70.8 Å². The zero-order valence-electron chi connectivity index (χ0n) is 7.50. The van der Waals surface area contributed by atoms with Gasteiger partial charge in [0.1, 0.15) is 0 Å². The van der Waals surface area contributed by atoms with Gasteiger partial charge in [0, 0.05) is 5.57 Å². The highest BCUT2D eigenvalue weighted by Crippen LogP contribution is 2.25. The summed E-state index contributed by atoms with van der Waals surface area (Å²) >= 11 is 0. The normalized spacial score (nSPS) is 15.2. The Kier molecular flexibility index (Phi) is 4.07. The molecule has 0 aromatic rings. The molecule has 0 aromatic carbocycles. The Hall–Kier alpha value is -0.730. The number of alkyl halides is 3. The summed E-state index contributed by atoms with van der Waals surface area (Å²) in [5.41, 5.74) is 0.108. The van der Waals surface area contributed by atoms with Gasteiger partial charge in [-0.3, -0.25) is 0 Å². The standard InChI is InChI=1S/C9H13F3/c1-4-5-7(2)6-8(3)9(10,11)12/h5-6H,4H2,1-3H3/b7-5?,8-6+. The Bertz CT molecular complexity index is 196. The maximum atomic E-state index is 12.0. The zero-order valence-corrected chi connectivity index (χ0v) is 7.50. The Morgan fingerprint density at radius 2 is 1.75 bits per heavy atom. The van der Waals surface area contributed by atoms with Gasteiger partial charge in [0.2, 0.25) is 0 Å². The molecule has 70 valence electrons. The van der Waals surface area contributed by atoms with Gasteiger partial charge >= 0.3 is 6.18 Å². The fraction of sp³-hybridized carbons (Fsp3) is 0.556. The largest absolute Gasteiger partial charge is 0.412 e. The van der Waals surface area contributed by atoms with E-state index >= 15 is 0 Å². The van der Waals surface area contributed by atoms with Crippen molar-refractivity contribution in [3.05, 3.63) is 23.3 Å². The first-order chi connectivity index (χ1) is 5.38. The first kappa shape index (κ1) is 11.3. The second-order valence-corrected chi connectivity index (χ2v) is 2.68. The molecule has 0 amide bonds. The van der Waals surface area contributed by atoms with Crippen LogP contribution in [0.5, 0.6) is 0 Å². The van der Waals surface area contributed by atoms with Gasteiger partial charge in [0.15, 0.2) is 0 Å². The van der Waals surface area contributed by atoms with E-state index in [1.807, 2.05) is 6.92 Å². The van der Waals surface area contributed by atoms with E-state index in [0.717, 1.165) is 19.4 Å². The SMILES string of the molecule is CCC=C(C)/C=C(\C)C(F)(F)F. The molecule has 0 atom stereocenters. The van der Waals surface area contributed by atoms with Crippen LogP contribution < -0.4 is 0 Å². The maximum Gasteiger partial charge on any atom is 0.412 e. The fourth-order valence-corrected chi connectivity index (χ4v) is 0.804. The number of halogens is 3. The van der Waals surface area contributed by atoms with Crippen LogP contribution in [0.4, 0.5) is 13.2 Å². The van der Waals surface area contributed by atoms with Crippen molar-refractivity contribution < 1.29 is 13.2 Å². The van der Waals surface area contributed by atoms with Crippen LogP contribution in [-0.4, -0.2) is 6.18 Å². The van der Waals surface area contributed by atoms with Crippen molar-refractivity contribution in [3.8, 4) is 0 Å². The molecular weight excluding hydrogens is 165 g/mol. The quantitative estimate of drug-likeness (QED) is 0.563. The van der Waals surface area contributed by atoms with E-state index in [4.69, 9.17) is 0 Å². The van der Waals surface area contributed by atoms with Crippen LogP contribution in [0.1, 0.15) is 27.2 Å². The molecule has 0 aliphatic heterocycles. The van der Waals surface area contributed by atoms with Gasteiger partial charge in [0.05, 0.1) is 0 Å². The van der Waals surface area contributed by atoms with Crippen molar-refractivity contribution in [2.75, 3.05) is 0 Å². The van der Waals surface area contributed by atoms with E-state index in [9.17, 15) is 13.2 Å². The van der Waals surface area contributed by atoms with Gasteiger partial charge in [0.25, 0.3) is 0 Å². The highest BCUT2D eigenvalue weighted by molar-refractivity contribution is 5.22. The molecule has 0 aromatic heterocycles. The molecule has 0 aliphatic carbocycles. The smallest absolute Gasteiger partial charge is 0.166 e. The lowest BCUT2D eigenvalue weighted by molar-refractivity contribution is -0.0913. The van der Waals surface area contributed by atoms with Gasteiger partial charge in [-0.2, -0.15) is 13.2 Å². The number of rotatable bonds is 2. The molecule has 3 heteroatoms. The van der Waals surface area contributed by atoms with E-state index in [2.05, 4.69) is 0 Å². The Balaban J connectivity index is 4.47. The van der Waals surface area contributed by atoms with Crippen LogP contribution >= 0.6 is 0 Å². The summed E-state index contributed by atoms with van der Waals surface area (Å²) in [5.74, 6) is 0. The van der Waals surface area contributed by atoms with Crippen molar-refractivity contribution in [1.82, 2.24) is 0 Å². The van der Waals surface area contributed by atoms with Crippen LogP contribution in [0.25, 0.3) is 0 Å². The fourth-order valence-electron chi connectivity index (χ4n) is 0.804. The zero-order chi connectivity index (χ0) is 9.78. The van der Waals surface area contributed by atoms with Crippen molar-refractivity contribution in [2.45, 2.75) is 33.4 Å². The van der Waals surface area contributed by atoms with E-state index in [1.165, 1.54) is 0 Å². The molecule has 0 heterocycles. The first-order valence-electron chi connectivity index (χ1n) is 3.80. The number of hydrogen-bond acceptors (Lipinski definition) is 0. The average molecular weight is 178 g/mol.